The zero-order valence-electron chi connectivity index (χ0n) is 6.56. The zero-order chi connectivity index (χ0) is 9.14. The van der Waals surface area contributed by atoms with Gasteiger partial charge in [0.15, 0.2) is 0 Å². The van der Waals surface area contributed by atoms with E-state index in [4.69, 9.17) is 16.9 Å². The SMILES string of the molecule is Cc1cc(CC#N)cc(Cl)c1Br. The van der Waals surface area contributed by atoms with Crippen molar-refractivity contribution in [1.82, 2.24) is 0 Å². The Morgan fingerprint density at radius 3 is 2.75 bits per heavy atom. The van der Waals surface area contributed by atoms with Gasteiger partial charge in [-0.3, -0.25) is 0 Å². The maximum atomic E-state index is 8.47. The first-order valence-corrected chi connectivity index (χ1v) is 4.63. The van der Waals surface area contributed by atoms with Gasteiger partial charge in [0.2, 0.25) is 0 Å². The maximum absolute atomic E-state index is 8.47. The molecule has 0 heterocycles. The van der Waals surface area contributed by atoms with Crippen molar-refractivity contribution in [2.45, 2.75) is 13.3 Å². The third kappa shape index (κ3) is 2.00. The van der Waals surface area contributed by atoms with Crippen LogP contribution in [0.15, 0.2) is 16.6 Å². The van der Waals surface area contributed by atoms with Gasteiger partial charge in [-0.15, -0.1) is 0 Å². The molecule has 0 aliphatic heterocycles. The first kappa shape index (κ1) is 9.57. The second-order valence-electron chi connectivity index (χ2n) is 2.54. The Bertz CT molecular complexity index is 318. The summed E-state index contributed by atoms with van der Waals surface area (Å²) in [5.74, 6) is 0. The molecule has 0 aliphatic rings. The van der Waals surface area contributed by atoms with Crippen molar-refractivity contribution < 1.29 is 0 Å². The van der Waals surface area contributed by atoms with Crippen LogP contribution in [0.5, 0.6) is 0 Å². The lowest BCUT2D eigenvalue weighted by Gasteiger charge is -2.02. The van der Waals surface area contributed by atoms with Crippen molar-refractivity contribution in [2.75, 3.05) is 0 Å². The summed E-state index contributed by atoms with van der Waals surface area (Å²) in [5.41, 5.74) is 2.02. The minimum absolute atomic E-state index is 0.411. The van der Waals surface area contributed by atoms with E-state index in [-0.39, 0.29) is 0 Å². The lowest BCUT2D eigenvalue weighted by molar-refractivity contribution is 1.24. The smallest absolute Gasteiger partial charge is 0.0669 e. The van der Waals surface area contributed by atoms with Crippen molar-refractivity contribution in [3.8, 4) is 6.07 Å². The van der Waals surface area contributed by atoms with Gasteiger partial charge in [0.25, 0.3) is 0 Å². The Kier molecular flexibility index (Phi) is 3.13. The molecule has 0 aliphatic carbocycles. The fourth-order valence-electron chi connectivity index (χ4n) is 0.991. The monoisotopic (exact) mass is 243 g/mol. The van der Waals surface area contributed by atoms with Crippen molar-refractivity contribution in [2.24, 2.45) is 0 Å². The van der Waals surface area contributed by atoms with Crippen LogP contribution in [0.3, 0.4) is 0 Å². The molecule has 0 amide bonds. The summed E-state index contributed by atoms with van der Waals surface area (Å²) in [5, 5.41) is 9.13. The van der Waals surface area contributed by atoms with E-state index in [1.807, 2.05) is 19.1 Å². The number of benzene rings is 1. The molecule has 0 N–H and O–H groups in total. The zero-order valence-corrected chi connectivity index (χ0v) is 8.91. The third-order valence-electron chi connectivity index (χ3n) is 1.55. The van der Waals surface area contributed by atoms with Crippen LogP contribution in [0.2, 0.25) is 5.02 Å². The molecule has 0 bridgehead atoms. The van der Waals surface area contributed by atoms with Crippen LogP contribution in [-0.4, -0.2) is 0 Å². The first-order chi connectivity index (χ1) is 5.65. The van der Waals surface area contributed by atoms with E-state index in [0.717, 1.165) is 15.6 Å². The van der Waals surface area contributed by atoms with Crippen LogP contribution >= 0.6 is 27.5 Å². The molecule has 1 aromatic carbocycles. The van der Waals surface area contributed by atoms with Crippen molar-refractivity contribution in [3.63, 3.8) is 0 Å². The number of hydrogen-bond acceptors (Lipinski definition) is 1. The van der Waals surface area contributed by atoms with Crippen LogP contribution in [0.4, 0.5) is 0 Å². The van der Waals surface area contributed by atoms with Gasteiger partial charge in [-0.1, -0.05) is 17.7 Å². The standard InChI is InChI=1S/C9H7BrClN/c1-6-4-7(2-3-12)5-8(11)9(6)10/h4-5H,2H2,1H3. The second-order valence-corrected chi connectivity index (χ2v) is 3.74. The van der Waals surface area contributed by atoms with E-state index < -0.39 is 0 Å². The first-order valence-electron chi connectivity index (χ1n) is 3.46. The molecule has 1 aromatic rings. The molecule has 0 radical (unpaired) electrons. The Morgan fingerprint density at radius 2 is 2.25 bits per heavy atom. The van der Waals surface area contributed by atoms with Gasteiger partial charge >= 0.3 is 0 Å². The average molecular weight is 245 g/mol. The molecular formula is C9H7BrClN. The van der Waals surface area contributed by atoms with E-state index in [9.17, 15) is 0 Å². The fourth-order valence-corrected chi connectivity index (χ4v) is 1.51. The number of nitrogens with zero attached hydrogens (tertiary/aromatic N) is 1. The number of halogens is 2. The Labute approximate surface area is 85.1 Å². The molecule has 0 fully saturated rings. The Morgan fingerprint density at radius 1 is 1.58 bits per heavy atom. The fraction of sp³-hybridized carbons (Fsp3) is 0.222. The molecule has 0 unspecified atom stereocenters. The minimum Gasteiger partial charge on any atom is -0.198 e. The highest BCUT2D eigenvalue weighted by Crippen LogP contribution is 2.27. The van der Waals surface area contributed by atoms with Gasteiger partial charge in [0, 0.05) is 4.47 Å². The summed E-state index contributed by atoms with van der Waals surface area (Å²) in [6, 6.07) is 5.85. The van der Waals surface area contributed by atoms with E-state index in [2.05, 4.69) is 22.0 Å². The van der Waals surface area contributed by atoms with E-state index >= 15 is 0 Å². The predicted molar refractivity (Wildman–Crippen MR) is 53.2 cm³/mol. The summed E-state index contributed by atoms with van der Waals surface area (Å²) < 4.78 is 0.908. The average Bonchev–Trinajstić information content (AvgIpc) is 2.01. The Hall–Kier alpha value is -0.520. The molecule has 0 saturated heterocycles. The molecule has 1 rings (SSSR count). The van der Waals surface area contributed by atoms with E-state index in [1.165, 1.54) is 0 Å². The van der Waals surface area contributed by atoms with Gasteiger partial charge < -0.3 is 0 Å². The molecule has 3 heteroatoms. The van der Waals surface area contributed by atoms with Gasteiger partial charge in [-0.05, 0) is 40.0 Å². The summed E-state index contributed by atoms with van der Waals surface area (Å²) in [4.78, 5) is 0. The number of nitriles is 1. The topological polar surface area (TPSA) is 23.8 Å². The number of aryl methyl sites for hydroxylation is 1. The highest BCUT2D eigenvalue weighted by atomic mass is 79.9. The van der Waals surface area contributed by atoms with Gasteiger partial charge in [-0.25, -0.2) is 0 Å². The maximum Gasteiger partial charge on any atom is 0.0669 e. The van der Waals surface area contributed by atoms with E-state index in [0.29, 0.717) is 11.4 Å². The number of rotatable bonds is 1. The normalized spacial score (nSPS) is 9.50. The molecular weight excluding hydrogens is 237 g/mol. The molecule has 0 saturated carbocycles. The van der Waals surface area contributed by atoms with Crippen LogP contribution in [0.1, 0.15) is 11.1 Å². The largest absolute Gasteiger partial charge is 0.198 e. The third-order valence-corrected chi connectivity index (χ3v) is 3.13. The van der Waals surface area contributed by atoms with Crippen molar-refractivity contribution >= 4 is 27.5 Å². The second kappa shape index (κ2) is 3.93. The van der Waals surface area contributed by atoms with Gasteiger partial charge in [0.05, 0.1) is 17.5 Å². The van der Waals surface area contributed by atoms with E-state index in [1.54, 1.807) is 0 Å². The summed E-state index contributed by atoms with van der Waals surface area (Å²) >= 11 is 9.25. The van der Waals surface area contributed by atoms with Crippen LogP contribution in [-0.2, 0) is 6.42 Å². The quantitative estimate of drug-likeness (QED) is 0.742. The van der Waals surface area contributed by atoms with Crippen LogP contribution in [0.25, 0.3) is 0 Å². The highest BCUT2D eigenvalue weighted by Gasteiger charge is 2.02. The molecule has 1 nitrogen and oxygen atoms in total. The molecule has 12 heavy (non-hydrogen) atoms. The van der Waals surface area contributed by atoms with Crippen LogP contribution in [0, 0.1) is 18.3 Å². The summed E-state index contributed by atoms with van der Waals surface area (Å²) in [7, 11) is 0. The van der Waals surface area contributed by atoms with Gasteiger partial charge in [0.1, 0.15) is 0 Å². The minimum atomic E-state index is 0.411. The number of hydrogen-bond donors (Lipinski definition) is 0. The Balaban J connectivity index is 3.14. The molecule has 0 aromatic heterocycles. The molecule has 62 valence electrons. The lowest BCUT2D eigenvalue weighted by atomic mass is 10.1. The van der Waals surface area contributed by atoms with Gasteiger partial charge in [-0.2, -0.15) is 5.26 Å². The van der Waals surface area contributed by atoms with Crippen LogP contribution < -0.4 is 0 Å². The molecule has 0 spiro atoms. The lowest BCUT2D eigenvalue weighted by Crippen LogP contribution is -1.85. The highest BCUT2D eigenvalue weighted by molar-refractivity contribution is 9.10. The summed E-state index contributed by atoms with van der Waals surface area (Å²) in [6.45, 7) is 1.96. The predicted octanol–water partition coefficient (Wildman–Crippen LogP) is 3.48. The van der Waals surface area contributed by atoms with Crippen molar-refractivity contribution in [3.05, 3.63) is 32.8 Å². The van der Waals surface area contributed by atoms with Crippen molar-refractivity contribution in [1.29, 1.82) is 5.26 Å². The molecule has 0 atom stereocenters. The summed E-state index contributed by atoms with van der Waals surface area (Å²) in [6.07, 6.45) is 0.411.